The summed E-state index contributed by atoms with van der Waals surface area (Å²) in [6, 6.07) is 6.96. The molecule has 1 aliphatic rings. The summed E-state index contributed by atoms with van der Waals surface area (Å²) in [5.41, 5.74) is 2.64. The summed E-state index contributed by atoms with van der Waals surface area (Å²) in [4.78, 5) is 2.44. The van der Waals surface area contributed by atoms with Gasteiger partial charge in [0.15, 0.2) is 0 Å². The van der Waals surface area contributed by atoms with Gasteiger partial charge in [-0.05, 0) is 43.0 Å². The normalized spacial score (nSPS) is 16.1. The molecule has 0 heterocycles. The number of nitrogens with one attached hydrogen (secondary N) is 1. The maximum absolute atomic E-state index is 6.21. The van der Waals surface area contributed by atoms with Crippen LogP contribution >= 0.6 is 11.6 Å². The molecule has 1 aromatic rings. The highest BCUT2D eigenvalue weighted by molar-refractivity contribution is 6.30. The molecule has 1 aliphatic carbocycles. The highest BCUT2D eigenvalue weighted by Gasteiger charge is 2.21. The lowest BCUT2D eigenvalue weighted by atomic mass is 10.1. The number of hydrogen-bond donors (Lipinski definition) is 1. The number of hydrogen-bond acceptors (Lipinski definition) is 2. The van der Waals surface area contributed by atoms with Gasteiger partial charge in [-0.1, -0.05) is 44.4 Å². The number of halogens is 1. The summed E-state index contributed by atoms with van der Waals surface area (Å²) in [7, 11) is 2.22. The van der Waals surface area contributed by atoms with Gasteiger partial charge in [-0.3, -0.25) is 0 Å². The molecule has 0 radical (unpaired) electrons. The Labute approximate surface area is 128 Å². The molecule has 2 rings (SSSR count). The van der Waals surface area contributed by atoms with Crippen LogP contribution in [0.15, 0.2) is 18.2 Å². The van der Waals surface area contributed by atoms with Crippen molar-refractivity contribution in [2.45, 2.75) is 52.1 Å². The molecule has 1 aromatic carbocycles. The van der Waals surface area contributed by atoms with Crippen molar-refractivity contribution < 1.29 is 0 Å². The first-order valence-corrected chi connectivity index (χ1v) is 8.17. The van der Waals surface area contributed by atoms with Gasteiger partial charge in [0.2, 0.25) is 0 Å². The van der Waals surface area contributed by atoms with Crippen LogP contribution in [0.25, 0.3) is 0 Å². The maximum Gasteiger partial charge on any atom is 0.0426 e. The molecule has 3 heteroatoms. The Morgan fingerprint density at radius 1 is 1.30 bits per heavy atom. The van der Waals surface area contributed by atoms with E-state index in [-0.39, 0.29) is 0 Å². The van der Waals surface area contributed by atoms with Crippen molar-refractivity contribution in [2.75, 3.05) is 18.5 Å². The van der Waals surface area contributed by atoms with Crippen LogP contribution in [0.4, 0.5) is 5.69 Å². The summed E-state index contributed by atoms with van der Waals surface area (Å²) in [5.74, 6) is 0.679. The molecule has 20 heavy (non-hydrogen) atoms. The second kappa shape index (κ2) is 7.33. The van der Waals surface area contributed by atoms with Crippen molar-refractivity contribution in [3.05, 3.63) is 28.8 Å². The lowest BCUT2D eigenvalue weighted by molar-refractivity contribution is 0.551. The summed E-state index contributed by atoms with van der Waals surface area (Å²) in [5, 5.41) is 4.37. The SMILES string of the molecule is CC(C)CNCc1ccc(Cl)cc1N(C)C1CCCC1. The quantitative estimate of drug-likeness (QED) is 0.833. The number of rotatable bonds is 6. The van der Waals surface area contributed by atoms with E-state index in [1.807, 2.05) is 6.07 Å². The second-order valence-electron chi connectivity index (χ2n) is 6.35. The molecular weight excluding hydrogens is 268 g/mol. The van der Waals surface area contributed by atoms with Gasteiger partial charge in [-0.15, -0.1) is 0 Å². The third kappa shape index (κ3) is 4.13. The van der Waals surface area contributed by atoms with Gasteiger partial charge in [-0.25, -0.2) is 0 Å². The third-order valence-corrected chi connectivity index (χ3v) is 4.40. The zero-order valence-corrected chi connectivity index (χ0v) is 13.7. The fourth-order valence-corrected chi connectivity index (χ4v) is 3.16. The Morgan fingerprint density at radius 3 is 2.65 bits per heavy atom. The second-order valence-corrected chi connectivity index (χ2v) is 6.78. The van der Waals surface area contributed by atoms with E-state index in [4.69, 9.17) is 11.6 Å². The molecule has 0 aromatic heterocycles. The van der Waals surface area contributed by atoms with E-state index in [1.165, 1.54) is 36.9 Å². The largest absolute Gasteiger partial charge is 0.371 e. The van der Waals surface area contributed by atoms with Crippen molar-refractivity contribution in [1.82, 2.24) is 5.32 Å². The molecule has 2 nitrogen and oxygen atoms in total. The Morgan fingerprint density at radius 2 is 2.00 bits per heavy atom. The minimum atomic E-state index is 0.678. The number of benzene rings is 1. The average Bonchev–Trinajstić information content (AvgIpc) is 2.93. The predicted octanol–water partition coefficient (Wildman–Crippen LogP) is 4.46. The molecule has 0 saturated heterocycles. The highest BCUT2D eigenvalue weighted by atomic mass is 35.5. The molecule has 0 bridgehead atoms. The standard InChI is InChI=1S/C17H27ClN2/c1-13(2)11-19-12-14-8-9-15(18)10-17(14)20(3)16-6-4-5-7-16/h8-10,13,16,19H,4-7,11-12H2,1-3H3. The maximum atomic E-state index is 6.21. The summed E-state index contributed by atoms with van der Waals surface area (Å²) < 4.78 is 0. The van der Waals surface area contributed by atoms with Crippen molar-refractivity contribution in [2.24, 2.45) is 5.92 Å². The van der Waals surface area contributed by atoms with Gasteiger partial charge in [0.25, 0.3) is 0 Å². The van der Waals surface area contributed by atoms with Gasteiger partial charge in [0, 0.05) is 30.3 Å². The van der Waals surface area contributed by atoms with Crippen LogP contribution in [0.2, 0.25) is 5.02 Å². The van der Waals surface area contributed by atoms with Crippen LogP contribution in [0.1, 0.15) is 45.1 Å². The van der Waals surface area contributed by atoms with E-state index in [1.54, 1.807) is 0 Å². The van der Waals surface area contributed by atoms with Gasteiger partial charge >= 0.3 is 0 Å². The zero-order valence-electron chi connectivity index (χ0n) is 13.0. The van der Waals surface area contributed by atoms with E-state index < -0.39 is 0 Å². The smallest absolute Gasteiger partial charge is 0.0426 e. The summed E-state index contributed by atoms with van der Waals surface area (Å²) in [6.07, 6.45) is 5.33. The average molecular weight is 295 g/mol. The third-order valence-electron chi connectivity index (χ3n) is 4.17. The van der Waals surface area contributed by atoms with E-state index in [0.29, 0.717) is 12.0 Å². The topological polar surface area (TPSA) is 15.3 Å². The molecule has 1 saturated carbocycles. The Balaban J connectivity index is 2.10. The predicted molar refractivity (Wildman–Crippen MR) is 88.7 cm³/mol. The Hall–Kier alpha value is -0.730. The molecule has 0 spiro atoms. The van der Waals surface area contributed by atoms with Gasteiger partial charge in [0.1, 0.15) is 0 Å². The van der Waals surface area contributed by atoms with Crippen LogP contribution in [0.5, 0.6) is 0 Å². The summed E-state index contributed by atoms with van der Waals surface area (Å²) >= 11 is 6.21. The highest BCUT2D eigenvalue weighted by Crippen LogP contribution is 2.31. The van der Waals surface area contributed by atoms with Crippen molar-refractivity contribution in [1.29, 1.82) is 0 Å². The molecule has 0 atom stereocenters. The fraction of sp³-hybridized carbons (Fsp3) is 0.647. The molecule has 0 unspecified atom stereocenters. The zero-order chi connectivity index (χ0) is 14.5. The monoisotopic (exact) mass is 294 g/mol. The first-order valence-electron chi connectivity index (χ1n) is 7.80. The Kier molecular flexibility index (Phi) is 5.74. The Bertz CT molecular complexity index is 425. The van der Waals surface area contributed by atoms with Crippen LogP contribution in [0.3, 0.4) is 0 Å². The van der Waals surface area contributed by atoms with E-state index in [9.17, 15) is 0 Å². The van der Waals surface area contributed by atoms with Crippen molar-refractivity contribution in [3.63, 3.8) is 0 Å². The lowest BCUT2D eigenvalue weighted by Gasteiger charge is -2.29. The van der Waals surface area contributed by atoms with Crippen molar-refractivity contribution in [3.8, 4) is 0 Å². The van der Waals surface area contributed by atoms with Gasteiger partial charge in [-0.2, -0.15) is 0 Å². The molecule has 1 fully saturated rings. The molecule has 112 valence electrons. The molecule has 0 amide bonds. The first kappa shape index (κ1) is 15.7. The minimum Gasteiger partial charge on any atom is -0.371 e. The van der Waals surface area contributed by atoms with Gasteiger partial charge < -0.3 is 10.2 Å². The van der Waals surface area contributed by atoms with Crippen LogP contribution < -0.4 is 10.2 Å². The molecular formula is C17H27ClN2. The number of anilines is 1. The van der Waals surface area contributed by atoms with Crippen molar-refractivity contribution >= 4 is 17.3 Å². The van der Waals surface area contributed by atoms with Crippen LogP contribution in [-0.4, -0.2) is 19.6 Å². The lowest BCUT2D eigenvalue weighted by Crippen LogP contribution is -2.30. The van der Waals surface area contributed by atoms with Crippen LogP contribution in [-0.2, 0) is 6.54 Å². The van der Waals surface area contributed by atoms with Crippen LogP contribution in [0, 0.1) is 5.92 Å². The first-order chi connectivity index (χ1) is 9.58. The summed E-state index contributed by atoms with van der Waals surface area (Å²) in [6.45, 7) is 6.44. The molecule has 0 aliphatic heterocycles. The molecule has 1 N–H and O–H groups in total. The fourth-order valence-electron chi connectivity index (χ4n) is 3.00. The number of nitrogens with zero attached hydrogens (tertiary/aromatic N) is 1. The van der Waals surface area contributed by atoms with Gasteiger partial charge in [0.05, 0.1) is 0 Å². The van der Waals surface area contributed by atoms with E-state index >= 15 is 0 Å². The van der Waals surface area contributed by atoms with E-state index in [2.05, 4.69) is 43.2 Å². The minimum absolute atomic E-state index is 0.678. The van der Waals surface area contributed by atoms with E-state index in [0.717, 1.165) is 18.1 Å².